The van der Waals surface area contributed by atoms with E-state index in [0.717, 1.165) is 37.7 Å². The smallest absolute Gasteiger partial charge is 0.256 e. The van der Waals surface area contributed by atoms with Gasteiger partial charge in [-0.15, -0.1) is 0 Å². The Labute approximate surface area is 245 Å². The molecule has 3 aromatic carbocycles. The van der Waals surface area contributed by atoms with Crippen molar-refractivity contribution in [1.29, 1.82) is 0 Å². The molecule has 1 N–H and O–H groups in total. The topological polar surface area (TPSA) is 94.0 Å². The van der Waals surface area contributed by atoms with Crippen LogP contribution in [0.3, 0.4) is 0 Å². The van der Waals surface area contributed by atoms with Gasteiger partial charge in [0.15, 0.2) is 5.65 Å². The molecule has 0 fully saturated rings. The standard InChI is InChI=1S/C32H33ClN4O3S/c1-4-6-7-10-24(5-2)37-30-28(34-26-11-8-9-12-27(26)35-30)29(41(39,40)25-19-13-21(3)14-20-25)31(37)36-32(38)22-15-17-23(33)18-16-22/h8-9,11-20,24H,4-7,10H2,1-3H3,(H,36,38)/t24-/m0/s1. The number of fused-ring (bicyclic) bond motifs is 2. The molecule has 0 aliphatic heterocycles. The maximum absolute atomic E-state index is 14.4. The van der Waals surface area contributed by atoms with Crippen molar-refractivity contribution >= 4 is 55.4 Å². The average molecular weight is 589 g/mol. The van der Waals surface area contributed by atoms with Gasteiger partial charge in [-0.2, -0.15) is 0 Å². The normalized spacial score (nSPS) is 12.6. The first-order valence-electron chi connectivity index (χ1n) is 13.9. The van der Waals surface area contributed by atoms with E-state index in [0.29, 0.717) is 27.3 Å². The summed E-state index contributed by atoms with van der Waals surface area (Å²) in [5.41, 5.74) is 3.20. The van der Waals surface area contributed by atoms with Crippen LogP contribution in [0.15, 0.2) is 82.6 Å². The number of hydrogen-bond acceptors (Lipinski definition) is 5. The van der Waals surface area contributed by atoms with Crippen LogP contribution in [0.1, 0.15) is 67.9 Å². The molecule has 0 saturated heterocycles. The number of aryl methyl sites for hydroxylation is 1. The van der Waals surface area contributed by atoms with E-state index >= 15 is 0 Å². The van der Waals surface area contributed by atoms with Crippen LogP contribution >= 0.6 is 11.6 Å². The van der Waals surface area contributed by atoms with Crippen LogP contribution in [0.4, 0.5) is 5.82 Å². The summed E-state index contributed by atoms with van der Waals surface area (Å²) in [6.45, 7) is 6.11. The molecular formula is C32H33ClN4O3S. The number of hydrogen-bond donors (Lipinski definition) is 1. The maximum Gasteiger partial charge on any atom is 0.256 e. The number of amides is 1. The lowest BCUT2D eigenvalue weighted by Crippen LogP contribution is -2.20. The molecule has 0 bridgehead atoms. The Balaban J connectivity index is 1.83. The van der Waals surface area contributed by atoms with Crippen LogP contribution in [-0.2, 0) is 9.84 Å². The summed E-state index contributed by atoms with van der Waals surface area (Å²) in [6.07, 6.45) is 4.58. The molecule has 0 aliphatic carbocycles. The van der Waals surface area contributed by atoms with Crippen molar-refractivity contribution in [2.24, 2.45) is 0 Å². The predicted octanol–water partition coefficient (Wildman–Crippen LogP) is 8.16. The number of nitrogens with one attached hydrogen (secondary N) is 1. The fourth-order valence-electron chi connectivity index (χ4n) is 5.13. The first-order valence-corrected chi connectivity index (χ1v) is 15.8. The maximum atomic E-state index is 14.4. The minimum absolute atomic E-state index is 0.0501. The first kappa shape index (κ1) is 28.8. The molecule has 0 unspecified atom stereocenters. The number of aromatic nitrogens is 3. The summed E-state index contributed by atoms with van der Waals surface area (Å²) >= 11 is 6.06. The Morgan fingerprint density at radius 3 is 2.22 bits per heavy atom. The fraction of sp³-hybridized carbons (Fsp3) is 0.281. The van der Waals surface area contributed by atoms with Gasteiger partial charge >= 0.3 is 0 Å². The second-order valence-corrected chi connectivity index (χ2v) is 12.6. The van der Waals surface area contributed by atoms with E-state index in [1.165, 1.54) is 0 Å². The summed E-state index contributed by atoms with van der Waals surface area (Å²) in [5.74, 6) is -0.266. The summed E-state index contributed by atoms with van der Waals surface area (Å²) < 4.78 is 30.7. The quantitative estimate of drug-likeness (QED) is 0.166. The molecular weight excluding hydrogens is 556 g/mol. The Morgan fingerprint density at radius 1 is 0.927 bits per heavy atom. The van der Waals surface area contributed by atoms with Crippen LogP contribution in [-0.4, -0.2) is 28.9 Å². The van der Waals surface area contributed by atoms with Crippen molar-refractivity contribution in [3.63, 3.8) is 0 Å². The van der Waals surface area contributed by atoms with Crippen molar-refractivity contribution in [3.05, 3.63) is 88.9 Å². The van der Waals surface area contributed by atoms with Gasteiger partial charge in [-0.3, -0.25) is 4.79 Å². The van der Waals surface area contributed by atoms with Crippen molar-refractivity contribution < 1.29 is 13.2 Å². The number of halogens is 1. The van der Waals surface area contributed by atoms with Crippen molar-refractivity contribution in [1.82, 2.24) is 14.5 Å². The molecule has 9 heteroatoms. The number of carbonyl (C=O) groups excluding carboxylic acids is 1. The Morgan fingerprint density at radius 2 is 1.59 bits per heavy atom. The van der Waals surface area contributed by atoms with Crippen molar-refractivity contribution in [2.75, 3.05) is 5.32 Å². The van der Waals surface area contributed by atoms with Crippen LogP contribution in [0, 0.1) is 6.92 Å². The molecule has 1 amide bonds. The highest BCUT2D eigenvalue weighted by atomic mass is 35.5. The van der Waals surface area contributed by atoms with E-state index < -0.39 is 15.7 Å². The summed E-state index contributed by atoms with van der Waals surface area (Å²) in [5, 5.41) is 3.47. The molecule has 41 heavy (non-hydrogen) atoms. The number of rotatable bonds is 10. The number of sulfone groups is 1. The monoisotopic (exact) mass is 588 g/mol. The van der Waals surface area contributed by atoms with Gasteiger partial charge < -0.3 is 9.88 Å². The third-order valence-corrected chi connectivity index (χ3v) is 9.44. The summed E-state index contributed by atoms with van der Waals surface area (Å²) in [7, 11) is -4.12. The third kappa shape index (κ3) is 5.72. The van der Waals surface area contributed by atoms with Gasteiger partial charge in [0.2, 0.25) is 9.84 Å². The Bertz CT molecular complexity index is 1810. The van der Waals surface area contributed by atoms with Gasteiger partial charge in [-0.25, -0.2) is 18.4 Å². The number of carbonyl (C=O) groups is 1. The minimum Gasteiger partial charge on any atom is -0.307 e. The lowest BCUT2D eigenvalue weighted by atomic mass is 10.1. The highest BCUT2D eigenvalue weighted by Crippen LogP contribution is 2.41. The van der Waals surface area contributed by atoms with Crippen LogP contribution in [0.2, 0.25) is 5.02 Å². The minimum atomic E-state index is -4.12. The SMILES string of the molecule is CCCCC[C@H](CC)n1c(NC(=O)c2ccc(Cl)cc2)c(S(=O)(=O)c2ccc(C)cc2)c2nc3ccccc3nc21. The van der Waals surface area contributed by atoms with Crippen LogP contribution in [0.25, 0.3) is 22.2 Å². The largest absolute Gasteiger partial charge is 0.307 e. The first-order chi connectivity index (χ1) is 19.7. The van der Waals surface area contributed by atoms with E-state index in [1.54, 1.807) is 48.5 Å². The molecule has 2 heterocycles. The van der Waals surface area contributed by atoms with E-state index in [4.69, 9.17) is 21.6 Å². The molecule has 2 aromatic heterocycles. The van der Waals surface area contributed by atoms with Gasteiger partial charge in [0.05, 0.1) is 15.9 Å². The van der Waals surface area contributed by atoms with E-state index in [1.807, 2.05) is 35.8 Å². The van der Waals surface area contributed by atoms with Gasteiger partial charge in [0, 0.05) is 16.6 Å². The molecule has 5 rings (SSSR count). The second kappa shape index (κ2) is 12.0. The molecule has 0 aliphatic rings. The van der Waals surface area contributed by atoms with E-state index in [2.05, 4.69) is 19.2 Å². The number of unbranched alkanes of at least 4 members (excludes halogenated alkanes) is 2. The van der Waals surface area contributed by atoms with E-state index in [-0.39, 0.29) is 27.2 Å². The Kier molecular flexibility index (Phi) is 8.42. The van der Waals surface area contributed by atoms with Crippen LogP contribution in [0.5, 0.6) is 0 Å². The summed E-state index contributed by atoms with van der Waals surface area (Å²) in [4.78, 5) is 23.5. The lowest BCUT2D eigenvalue weighted by Gasteiger charge is -2.22. The number of anilines is 1. The van der Waals surface area contributed by atoms with Crippen molar-refractivity contribution in [3.8, 4) is 0 Å². The van der Waals surface area contributed by atoms with Crippen molar-refractivity contribution in [2.45, 2.75) is 68.7 Å². The van der Waals surface area contributed by atoms with Gasteiger partial charge in [0.1, 0.15) is 16.2 Å². The van der Waals surface area contributed by atoms with Gasteiger partial charge in [0.25, 0.3) is 5.91 Å². The summed E-state index contributed by atoms with van der Waals surface area (Å²) in [6, 6.07) is 20.5. The van der Waals surface area contributed by atoms with Gasteiger partial charge in [-0.1, -0.05) is 74.5 Å². The Hall–Kier alpha value is -3.75. The number of para-hydroxylation sites is 2. The zero-order valence-corrected chi connectivity index (χ0v) is 25.0. The molecule has 1 atom stereocenters. The highest BCUT2D eigenvalue weighted by molar-refractivity contribution is 7.92. The molecule has 0 spiro atoms. The highest BCUT2D eigenvalue weighted by Gasteiger charge is 2.34. The van der Waals surface area contributed by atoms with E-state index in [9.17, 15) is 13.2 Å². The molecule has 212 valence electrons. The average Bonchev–Trinajstić information content (AvgIpc) is 3.27. The second-order valence-electron chi connectivity index (χ2n) is 10.3. The predicted molar refractivity (Wildman–Crippen MR) is 165 cm³/mol. The third-order valence-electron chi connectivity index (χ3n) is 7.37. The van der Waals surface area contributed by atoms with Gasteiger partial charge in [-0.05, 0) is 68.3 Å². The van der Waals surface area contributed by atoms with Crippen LogP contribution < -0.4 is 5.32 Å². The molecule has 7 nitrogen and oxygen atoms in total. The molecule has 5 aromatic rings. The number of benzene rings is 3. The molecule has 0 saturated carbocycles. The lowest BCUT2D eigenvalue weighted by molar-refractivity contribution is 0.102. The zero-order valence-electron chi connectivity index (χ0n) is 23.4. The fourth-order valence-corrected chi connectivity index (χ4v) is 6.78. The zero-order chi connectivity index (χ0) is 29.1. The number of nitrogens with zero attached hydrogens (tertiary/aromatic N) is 3. The molecule has 0 radical (unpaired) electrons.